The van der Waals surface area contributed by atoms with E-state index in [1.165, 1.54) is 0 Å². The van der Waals surface area contributed by atoms with E-state index in [1.54, 1.807) is 13.3 Å². The first-order valence-electron chi connectivity index (χ1n) is 10.3. The number of hydrogen-bond acceptors (Lipinski definition) is 5. The van der Waals surface area contributed by atoms with E-state index >= 15 is 0 Å². The Hall–Kier alpha value is -3.51. The summed E-state index contributed by atoms with van der Waals surface area (Å²) in [5, 5.41) is 3.04. The zero-order valence-corrected chi connectivity index (χ0v) is 17.5. The maximum atomic E-state index is 12.6. The van der Waals surface area contributed by atoms with E-state index in [4.69, 9.17) is 9.47 Å². The van der Waals surface area contributed by atoms with Gasteiger partial charge in [-0.1, -0.05) is 60.7 Å². The molecule has 0 unspecified atom stereocenters. The summed E-state index contributed by atoms with van der Waals surface area (Å²) >= 11 is 0. The van der Waals surface area contributed by atoms with E-state index < -0.39 is 0 Å². The highest BCUT2D eigenvalue weighted by atomic mass is 16.5. The molecule has 1 aromatic heterocycles. The molecule has 0 bridgehead atoms. The van der Waals surface area contributed by atoms with E-state index in [0.717, 1.165) is 22.3 Å². The van der Waals surface area contributed by atoms with E-state index in [0.29, 0.717) is 31.4 Å². The molecule has 1 amide bonds. The van der Waals surface area contributed by atoms with E-state index in [2.05, 4.69) is 15.3 Å². The Morgan fingerprint density at radius 3 is 2.58 bits per heavy atom. The van der Waals surface area contributed by atoms with Gasteiger partial charge in [-0.15, -0.1) is 0 Å². The van der Waals surface area contributed by atoms with Crippen LogP contribution in [0.1, 0.15) is 34.0 Å². The van der Waals surface area contributed by atoms with Crippen molar-refractivity contribution >= 4 is 11.8 Å². The smallest absolute Gasteiger partial charge is 0.226 e. The molecular weight excluding hydrogens is 390 g/mol. The Labute approximate surface area is 182 Å². The number of nitrogens with zero attached hydrogens (tertiary/aromatic N) is 2. The van der Waals surface area contributed by atoms with Crippen molar-refractivity contribution in [1.82, 2.24) is 10.3 Å². The van der Waals surface area contributed by atoms with Gasteiger partial charge in [0.05, 0.1) is 36.9 Å². The number of pyridine rings is 1. The molecule has 6 heteroatoms. The van der Waals surface area contributed by atoms with Crippen LogP contribution in [0.15, 0.2) is 77.9 Å². The van der Waals surface area contributed by atoms with E-state index in [9.17, 15) is 4.79 Å². The van der Waals surface area contributed by atoms with Gasteiger partial charge >= 0.3 is 0 Å². The van der Waals surface area contributed by atoms with Gasteiger partial charge in [-0.05, 0) is 22.8 Å². The Bertz CT molecular complexity index is 1050. The molecule has 1 N–H and O–H groups in total. The van der Waals surface area contributed by atoms with Crippen LogP contribution in [0.5, 0.6) is 0 Å². The molecule has 0 saturated carbocycles. The molecule has 0 fully saturated rings. The fraction of sp³-hybridized carbons (Fsp3) is 0.240. The van der Waals surface area contributed by atoms with Crippen LogP contribution in [0.4, 0.5) is 0 Å². The zero-order valence-electron chi connectivity index (χ0n) is 17.5. The molecule has 0 aliphatic carbocycles. The number of amides is 1. The number of ether oxygens (including phenoxy) is 2. The van der Waals surface area contributed by atoms with Gasteiger partial charge in [-0.25, -0.2) is 4.99 Å². The van der Waals surface area contributed by atoms with E-state index in [1.807, 2.05) is 66.7 Å². The van der Waals surface area contributed by atoms with Crippen LogP contribution in [-0.2, 0) is 33.8 Å². The van der Waals surface area contributed by atoms with Crippen LogP contribution < -0.4 is 5.32 Å². The third-order valence-electron chi connectivity index (χ3n) is 5.10. The molecular formula is C25H25N3O3. The molecule has 6 nitrogen and oxygen atoms in total. The third kappa shape index (κ3) is 5.35. The number of aliphatic imine (C=N–C) groups is 1. The largest absolute Gasteiger partial charge is 0.473 e. The molecule has 1 aliphatic heterocycles. The SMILES string of the molecule is COC[C@@H](NC(=O)Cc1cc2c(cn1)C(OCc1ccccc1)=NC2)c1ccccc1. The Balaban J connectivity index is 1.36. The number of rotatable bonds is 8. The number of carbonyl (C=O) groups is 1. The second kappa shape index (κ2) is 10.00. The van der Waals surface area contributed by atoms with Crippen LogP contribution in [0.3, 0.4) is 0 Å². The average Bonchev–Trinajstić information content (AvgIpc) is 3.21. The highest BCUT2D eigenvalue weighted by Gasteiger charge is 2.20. The molecule has 31 heavy (non-hydrogen) atoms. The van der Waals surface area contributed by atoms with Gasteiger partial charge in [-0.2, -0.15) is 0 Å². The lowest BCUT2D eigenvalue weighted by atomic mass is 10.1. The number of carbonyl (C=O) groups excluding carboxylic acids is 1. The van der Waals surface area contributed by atoms with Gasteiger partial charge in [0.15, 0.2) is 0 Å². The average molecular weight is 415 g/mol. The zero-order chi connectivity index (χ0) is 21.5. The number of aromatic nitrogens is 1. The van der Waals surface area contributed by atoms with Gasteiger partial charge in [0.1, 0.15) is 6.61 Å². The van der Waals surface area contributed by atoms with Gasteiger partial charge < -0.3 is 14.8 Å². The number of methoxy groups -OCH3 is 1. The lowest BCUT2D eigenvalue weighted by Gasteiger charge is -2.18. The minimum Gasteiger partial charge on any atom is -0.473 e. The maximum absolute atomic E-state index is 12.6. The van der Waals surface area contributed by atoms with Gasteiger partial charge in [0.2, 0.25) is 11.8 Å². The molecule has 0 spiro atoms. The van der Waals surface area contributed by atoms with Crippen molar-refractivity contribution in [2.45, 2.75) is 25.6 Å². The standard InChI is InChI=1S/C25H25N3O3/c1-30-17-23(19-10-6-3-7-11-19)28-24(29)13-21-12-20-14-27-25(22(20)15-26-21)31-16-18-8-4-2-5-9-18/h2-12,15,23H,13-14,16-17H2,1H3,(H,28,29)/t23-/m1/s1. The molecule has 4 rings (SSSR count). The topological polar surface area (TPSA) is 72.8 Å². The van der Waals surface area contributed by atoms with Gasteiger partial charge in [0, 0.05) is 13.3 Å². The summed E-state index contributed by atoms with van der Waals surface area (Å²) < 4.78 is 11.2. The van der Waals surface area contributed by atoms with Crippen LogP contribution in [0.25, 0.3) is 0 Å². The van der Waals surface area contributed by atoms with Crippen molar-refractivity contribution in [2.24, 2.45) is 4.99 Å². The normalized spacial score (nSPS) is 13.3. The fourth-order valence-electron chi connectivity index (χ4n) is 3.54. The first-order valence-corrected chi connectivity index (χ1v) is 10.3. The quantitative estimate of drug-likeness (QED) is 0.610. The molecule has 1 aliphatic rings. The molecule has 2 aromatic carbocycles. The molecule has 2 heterocycles. The minimum absolute atomic E-state index is 0.0992. The highest BCUT2D eigenvalue weighted by Crippen LogP contribution is 2.21. The Kier molecular flexibility index (Phi) is 6.69. The monoisotopic (exact) mass is 415 g/mol. The van der Waals surface area contributed by atoms with Gasteiger partial charge in [-0.3, -0.25) is 9.78 Å². The van der Waals surface area contributed by atoms with Crippen molar-refractivity contribution in [1.29, 1.82) is 0 Å². The molecule has 3 aromatic rings. The number of nitrogens with one attached hydrogen (secondary N) is 1. The summed E-state index contributed by atoms with van der Waals surface area (Å²) in [6.07, 6.45) is 1.94. The van der Waals surface area contributed by atoms with Crippen LogP contribution in [-0.4, -0.2) is 30.5 Å². The summed E-state index contributed by atoms with van der Waals surface area (Å²) in [4.78, 5) is 21.6. The highest BCUT2D eigenvalue weighted by molar-refractivity contribution is 5.97. The van der Waals surface area contributed by atoms with Crippen LogP contribution in [0.2, 0.25) is 0 Å². The first-order chi connectivity index (χ1) is 15.2. The summed E-state index contributed by atoms with van der Waals surface area (Å²) in [7, 11) is 1.63. The lowest BCUT2D eigenvalue weighted by molar-refractivity contribution is -0.121. The Morgan fingerprint density at radius 1 is 1.10 bits per heavy atom. The maximum Gasteiger partial charge on any atom is 0.226 e. The summed E-state index contributed by atoms with van der Waals surface area (Å²) in [6, 6.07) is 21.5. The van der Waals surface area contributed by atoms with Crippen molar-refractivity contribution in [2.75, 3.05) is 13.7 Å². The van der Waals surface area contributed by atoms with Crippen molar-refractivity contribution < 1.29 is 14.3 Å². The second-order valence-corrected chi connectivity index (χ2v) is 7.39. The van der Waals surface area contributed by atoms with E-state index in [-0.39, 0.29) is 18.4 Å². The van der Waals surface area contributed by atoms with Crippen molar-refractivity contribution in [3.05, 3.63) is 101 Å². The van der Waals surface area contributed by atoms with Crippen molar-refractivity contribution in [3.8, 4) is 0 Å². The first kappa shape index (κ1) is 20.8. The Morgan fingerprint density at radius 2 is 1.84 bits per heavy atom. The molecule has 0 saturated heterocycles. The molecule has 158 valence electrons. The predicted molar refractivity (Wildman–Crippen MR) is 119 cm³/mol. The summed E-state index contributed by atoms with van der Waals surface area (Å²) in [6.45, 7) is 1.40. The summed E-state index contributed by atoms with van der Waals surface area (Å²) in [5.74, 6) is 0.504. The minimum atomic E-state index is -0.200. The second-order valence-electron chi connectivity index (χ2n) is 7.39. The van der Waals surface area contributed by atoms with Crippen LogP contribution >= 0.6 is 0 Å². The third-order valence-corrected chi connectivity index (χ3v) is 5.10. The van der Waals surface area contributed by atoms with Gasteiger partial charge in [0.25, 0.3) is 0 Å². The molecule has 0 radical (unpaired) electrons. The molecule has 1 atom stereocenters. The van der Waals surface area contributed by atoms with Crippen molar-refractivity contribution in [3.63, 3.8) is 0 Å². The number of benzene rings is 2. The van der Waals surface area contributed by atoms with Crippen LogP contribution in [0, 0.1) is 0 Å². The lowest BCUT2D eigenvalue weighted by Crippen LogP contribution is -2.32. The number of hydrogen-bond donors (Lipinski definition) is 1. The number of fused-ring (bicyclic) bond motifs is 1. The summed E-state index contributed by atoms with van der Waals surface area (Å²) in [5.41, 5.74) is 4.72. The fourth-order valence-corrected chi connectivity index (χ4v) is 3.54. The predicted octanol–water partition coefficient (Wildman–Crippen LogP) is 3.61.